The topological polar surface area (TPSA) is 193 Å². The number of H-pyrrole nitrogens is 2. The molecule has 7 rings (SSSR count). The van der Waals surface area contributed by atoms with Crippen LogP contribution in [0.2, 0.25) is 0 Å². The molecule has 0 aliphatic rings. The molecule has 0 atom stereocenters. The Kier molecular flexibility index (Phi) is 39.2. The van der Waals surface area contributed by atoms with Gasteiger partial charge in [-0.15, -0.1) is 25.7 Å². The van der Waals surface area contributed by atoms with Crippen LogP contribution in [-0.2, 0) is 48.0 Å². The predicted molar refractivity (Wildman–Crippen MR) is 314 cm³/mol. The Morgan fingerprint density at radius 1 is 0.566 bits per heavy atom. The van der Waals surface area contributed by atoms with E-state index in [9.17, 15) is 19.2 Å². The molecule has 0 unspecified atom stereocenters. The van der Waals surface area contributed by atoms with Crippen molar-refractivity contribution in [2.45, 2.75) is 94.2 Å². The van der Waals surface area contributed by atoms with E-state index >= 15 is 0 Å². The minimum Gasteiger partial charge on any atom is -0.453 e. The third kappa shape index (κ3) is 23.5. The Balaban J connectivity index is 0. The van der Waals surface area contributed by atoms with Gasteiger partial charge in [-0.05, 0) is 64.6 Å². The minimum atomic E-state index is -0.642. The average molecular weight is 1050 g/mol. The summed E-state index contributed by atoms with van der Waals surface area (Å²) in [6.45, 7) is 18.1. The zero-order valence-corrected chi connectivity index (χ0v) is 47.9. The van der Waals surface area contributed by atoms with E-state index in [1.165, 1.54) is 27.7 Å². The zero-order valence-electron chi connectivity index (χ0n) is 47.9. The van der Waals surface area contributed by atoms with E-state index in [1.54, 1.807) is 33.3 Å². The number of terminal acetylenes is 2. The van der Waals surface area contributed by atoms with Crippen LogP contribution in [0, 0.1) is 25.7 Å². The minimum absolute atomic E-state index is 0.0915. The van der Waals surface area contributed by atoms with Gasteiger partial charge in [0.1, 0.15) is 18.2 Å². The number of aromatic amines is 2. The van der Waals surface area contributed by atoms with E-state index in [4.69, 9.17) is 9.97 Å². The number of ether oxygens (including phenoxy) is 4. The number of amides is 4. The van der Waals surface area contributed by atoms with E-state index in [-0.39, 0.29) is 18.4 Å². The van der Waals surface area contributed by atoms with Gasteiger partial charge < -0.3 is 49.3 Å². The summed E-state index contributed by atoms with van der Waals surface area (Å²) in [6.07, 6.45) is 18.2. The van der Waals surface area contributed by atoms with Crippen molar-refractivity contribution < 1.29 is 38.1 Å². The Labute approximate surface area is 453 Å². The summed E-state index contributed by atoms with van der Waals surface area (Å²) in [4.78, 5) is 67.7. The summed E-state index contributed by atoms with van der Waals surface area (Å²) in [6, 6.07) is 31.0. The molecule has 4 N–H and O–H groups in total. The first kappa shape index (κ1) is 70.2. The van der Waals surface area contributed by atoms with E-state index in [0.717, 1.165) is 79.0 Å². The molecule has 0 bridgehead atoms. The number of nitrogens with one attached hydrogen (secondary N) is 4. The Bertz CT molecular complexity index is 2730. The normalized spacial score (nSPS) is 9.41. The smallest absolute Gasteiger partial charge is 0.407 e. The molecule has 0 spiro atoms. The van der Waals surface area contributed by atoms with Gasteiger partial charge in [0.25, 0.3) is 0 Å². The fourth-order valence-electron chi connectivity index (χ4n) is 7.02. The van der Waals surface area contributed by atoms with Crippen molar-refractivity contribution in [1.29, 1.82) is 0 Å². The Morgan fingerprint density at radius 2 is 0.961 bits per heavy atom. The average Bonchev–Trinajstić information content (AvgIpc) is 4.09. The molecule has 76 heavy (non-hydrogen) atoms. The fourth-order valence-corrected chi connectivity index (χ4v) is 7.02. The monoisotopic (exact) mass is 1050 g/mol. The summed E-state index contributed by atoms with van der Waals surface area (Å²) in [5.41, 5.74) is 6.76. The fraction of sp³-hybridized carbons (Fsp3) is 0.400. The first-order valence-electron chi connectivity index (χ1n) is 25.4. The van der Waals surface area contributed by atoms with Crippen molar-refractivity contribution in [2.75, 3.05) is 69.3 Å². The SMILES string of the molecule is C#C.C#C.CC.CC.CCC.CCCN(Cc1nc2c(ccc3cc(-c4ccc5c(ccc6[nH]c(CN(CCC)C(=O)Cc7ccccc7)nc65)c4)ccc32)[nH]1)C(=O)CNC(=O)OC.CNC(=O)OC.COC.COC. The van der Waals surface area contributed by atoms with Crippen molar-refractivity contribution in [1.82, 2.24) is 40.4 Å². The van der Waals surface area contributed by atoms with Gasteiger partial charge in [-0.2, -0.15) is 0 Å². The number of benzene rings is 5. The van der Waals surface area contributed by atoms with Gasteiger partial charge in [0.15, 0.2) is 0 Å². The molecule has 7 aromatic rings. The molecule has 2 aromatic heterocycles. The molecular formula is C60H86N8O8. The third-order valence-electron chi connectivity index (χ3n) is 9.90. The second-order valence-corrected chi connectivity index (χ2v) is 15.6. The number of carbonyl (C=O) groups is 4. The summed E-state index contributed by atoms with van der Waals surface area (Å²) >= 11 is 0. The number of imidazole rings is 2. The standard InChI is InChI=1S/C42H43N7O4.C3H7NO2.C3H8.2C2H6O.2C2H6.2C2H2/c1-4-19-48(38(50)21-27-9-7-6-8-10-27)25-36-44-34-17-13-30-22-28(11-15-32(30)40(34)46-36)29-12-16-33-31(23-29)14-18-35-41(33)47-37(45-35)26-49(20-5-2)39(51)24-43-42(52)53-3;1-4-3(5)6-2;3*1-3-2;4*1-2/h6-18,22-23H,4-5,19-21,24-26H2,1-3H3,(H,43,52)(H,44,46)(H,45,47);1-2H3,(H,4,5);3H2,1-2H3;2*1-2H3;2*1-2H3;2*1-2H. The highest BCUT2D eigenvalue weighted by atomic mass is 16.5. The summed E-state index contributed by atoms with van der Waals surface area (Å²) < 4.78 is 17.2. The quantitative estimate of drug-likeness (QED) is 0.0808. The van der Waals surface area contributed by atoms with Crippen molar-refractivity contribution in [2.24, 2.45) is 0 Å². The van der Waals surface area contributed by atoms with Gasteiger partial charge >= 0.3 is 12.2 Å². The number of hydrogen-bond acceptors (Lipinski definition) is 10. The molecule has 2 heterocycles. The summed E-state index contributed by atoms with van der Waals surface area (Å²) in [7, 11) is 10.6. The first-order chi connectivity index (χ1) is 36.9. The molecule has 0 aliphatic carbocycles. The molecule has 0 radical (unpaired) electrons. The van der Waals surface area contributed by atoms with Crippen LogP contribution in [-0.4, -0.2) is 123 Å². The third-order valence-corrected chi connectivity index (χ3v) is 9.90. The second-order valence-electron chi connectivity index (χ2n) is 15.6. The van der Waals surface area contributed by atoms with Gasteiger partial charge in [-0.3, -0.25) is 9.59 Å². The maximum Gasteiger partial charge on any atom is 0.407 e. The molecular weight excluding hydrogens is 961 g/mol. The molecule has 0 aliphatic heterocycles. The number of methoxy groups -OCH3 is 4. The maximum atomic E-state index is 13.2. The molecule has 0 fully saturated rings. The number of fused-ring (bicyclic) bond motifs is 6. The van der Waals surface area contributed by atoms with Crippen molar-refractivity contribution >= 4 is 67.6 Å². The lowest BCUT2D eigenvalue weighted by Gasteiger charge is -2.21. The Morgan fingerprint density at radius 3 is 1.32 bits per heavy atom. The largest absolute Gasteiger partial charge is 0.453 e. The van der Waals surface area contributed by atoms with E-state index in [1.807, 2.05) is 75.9 Å². The molecule has 0 saturated heterocycles. The van der Waals surface area contributed by atoms with E-state index in [0.29, 0.717) is 38.4 Å². The second kappa shape index (κ2) is 42.4. The van der Waals surface area contributed by atoms with Crippen LogP contribution in [0.15, 0.2) is 91.0 Å². The van der Waals surface area contributed by atoms with E-state index < -0.39 is 12.2 Å². The molecule has 16 nitrogen and oxygen atoms in total. The molecule has 5 aromatic carbocycles. The van der Waals surface area contributed by atoms with Crippen LogP contribution in [0.4, 0.5) is 9.59 Å². The zero-order chi connectivity index (χ0) is 58.0. The molecule has 0 saturated carbocycles. The predicted octanol–water partition coefficient (Wildman–Crippen LogP) is 12.0. The van der Waals surface area contributed by atoms with E-state index in [2.05, 4.69) is 141 Å². The van der Waals surface area contributed by atoms with Gasteiger partial charge in [-0.25, -0.2) is 19.6 Å². The van der Waals surface area contributed by atoms with Crippen LogP contribution in [0.5, 0.6) is 0 Å². The van der Waals surface area contributed by atoms with Crippen LogP contribution < -0.4 is 10.6 Å². The van der Waals surface area contributed by atoms with Gasteiger partial charge in [0.05, 0.1) is 55.8 Å². The lowest BCUT2D eigenvalue weighted by molar-refractivity contribution is -0.131. The van der Waals surface area contributed by atoms with Crippen molar-refractivity contribution in [3.05, 3.63) is 108 Å². The van der Waals surface area contributed by atoms with Crippen molar-refractivity contribution in [3.8, 4) is 36.8 Å². The lowest BCUT2D eigenvalue weighted by atomic mass is 9.98. The number of aromatic nitrogens is 4. The van der Waals surface area contributed by atoms with Gasteiger partial charge in [0, 0.05) is 59.3 Å². The highest BCUT2D eigenvalue weighted by molar-refractivity contribution is 6.07. The number of carbonyl (C=O) groups excluding carboxylic acids is 4. The number of nitrogens with zero attached hydrogens (tertiary/aromatic N) is 4. The maximum absolute atomic E-state index is 13.2. The molecule has 16 heteroatoms. The van der Waals surface area contributed by atoms with Gasteiger partial charge in [0.2, 0.25) is 11.8 Å². The molecule has 414 valence electrons. The number of rotatable bonds is 13. The lowest BCUT2D eigenvalue weighted by Crippen LogP contribution is -2.40. The summed E-state index contributed by atoms with van der Waals surface area (Å²) in [5.74, 6) is 1.33. The van der Waals surface area contributed by atoms with Crippen LogP contribution in [0.3, 0.4) is 0 Å². The van der Waals surface area contributed by atoms with Crippen LogP contribution in [0.25, 0.3) is 54.7 Å². The Hall–Kier alpha value is -7.92. The first-order valence-corrected chi connectivity index (χ1v) is 25.4. The van der Waals surface area contributed by atoms with Crippen LogP contribution >= 0.6 is 0 Å². The number of alkyl carbamates (subject to hydrolysis) is 2. The summed E-state index contributed by atoms with van der Waals surface area (Å²) in [5, 5.41) is 8.92. The number of hydrogen-bond donors (Lipinski definition) is 4. The van der Waals surface area contributed by atoms with Gasteiger partial charge in [-0.1, -0.05) is 129 Å². The van der Waals surface area contributed by atoms with Crippen molar-refractivity contribution in [3.63, 3.8) is 0 Å². The highest BCUT2D eigenvalue weighted by Crippen LogP contribution is 2.32. The molecule has 4 amide bonds. The highest BCUT2D eigenvalue weighted by Gasteiger charge is 2.19. The van der Waals surface area contributed by atoms with Crippen LogP contribution in [0.1, 0.15) is 91.9 Å².